The Morgan fingerprint density at radius 2 is 1.95 bits per heavy atom. The van der Waals surface area contributed by atoms with Crippen molar-refractivity contribution < 1.29 is 9.47 Å². The molecule has 1 aromatic carbocycles. The summed E-state index contributed by atoms with van der Waals surface area (Å²) >= 11 is 1.84. The lowest BCUT2D eigenvalue weighted by atomic mass is 10.3. The average Bonchev–Trinajstić information content (AvgIpc) is 2.42. The molecule has 0 saturated carbocycles. The van der Waals surface area contributed by atoms with Gasteiger partial charge in [0, 0.05) is 30.3 Å². The van der Waals surface area contributed by atoms with Crippen molar-refractivity contribution in [3.05, 3.63) is 18.2 Å². The van der Waals surface area contributed by atoms with Gasteiger partial charge < -0.3 is 19.7 Å². The molecule has 106 valence electrons. The predicted molar refractivity (Wildman–Crippen MR) is 79.6 cm³/mol. The monoisotopic (exact) mass is 282 g/mol. The first kappa shape index (κ1) is 14.5. The molecular formula is C14H22N2O2S. The second kappa shape index (κ2) is 7.62. The Hall–Kier alpha value is -0.910. The van der Waals surface area contributed by atoms with Crippen molar-refractivity contribution in [2.75, 3.05) is 52.7 Å². The smallest absolute Gasteiger partial charge is 0.162 e. The van der Waals surface area contributed by atoms with Gasteiger partial charge in [0.2, 0.25) is 0 Å². The van der Waals surface area contributed by atoms with Gasteiger partial charge in [0.05, 0.1) is 0 Å². The number of fused-ring (bicyclic) bond motifs is 1. The third-order valence-electron chi connectivity index (χ3n) is 2.80. The fourth-order valence-corrected chi connectivity index (χ4v) is 2.62. The number of hydrogen-bond donors (Lipinski definition) is 1. The van der Waals surface area contributed by atoms with Crippen LogP contribution in [0.2, 0.25) is 0 Å². The lowest BCUT2D eigenvalue weighted by molar-refractivity contribution is 0.171. The van der Waals surface area contributed by atoms with Gasteiger partial charge in [-0.1, -0.05) is 0 Å². The van der Waals surface area contributed by atoms with Crippen molar-refractivity contribution in [3.63, 3.8) is 0 Å². The van der Waals surface area contributed by atoms with Gasteiger partial charge in [-0.3, -0.25) is 0 Å². The zero-order valence-electron chi connectivity index (χ0n) is 11.6. The van der Waals surface area contributed by atoms with E-state index in [0.717, 1.165) is 36.9 Å². The van der Waals surface area contributed by atoms with Gasteiger partial charge in [-0.25, -0.2) is 0 Å². The van der Waals surface area contributed by atoms with Crippen molar-refractivity contribution in [1.29, 1.82) is 0 Å². The van der Waals surface area contributed by atoms with Gasteiger partial charge in [-0.15, -0.1) is 11.8 Å². The summed E-state index contributed by atoms with van der Waals surface area (Å²) < 4.78 is 11.1. The second-order valence-corrected chi connectivity index (χ2v) is 5.88. The topological polar surface area (TPSA) is 33.7 Å². The van der Waals surface area contributed by atoms with E-state index in [9.17, 15) is 0 Å². The number of rotatable bonds is 7. The van der Waals surface area contributed by atoms with Crippen molar-refractivity contribution in [2.24, 2.45) is 0 Å². The number of benzene rings is 1. The standard InChI is InChI=1S/C14H22N2O2S/c1-16(2)7-5-15-6-10-19-12-3-4-13-14(11-12)18-9-8-17-13/h3-4,11,15H,5-10H2,1-2H3. The van der Waals surface area contributed by atoms with Gasteiger partial charge in [-0.2, -0.15) is 0 Å². The quantitative estimate of drug-likeness (QED) is 0.608. The molecule has 19 heavy (non-hydrogen) atoms. The maximum atomic E-state index is 5.58. The summed E-state index contributed by atoms with van der Waals surface area (Å²) in [5.74, 6) is 2.80. The van der Waals surface area contributed by atoms with Crippen LogP contribution >= 0.6 is 11.8 Å². The third kappa shape index (κ3) is 4.93. The van der Waals surface area contributed by atoms with E-state index in [2.05, 4.69) is 36.4 Å². The molecule has 0 fully saturated rings. The summed E-state index contributed by atoms with van der Waals surface area (Å²) in [6.45, 7) is 4.43. The number of thioether (sulfide) groups is 1. The first-order chi connectivity index (χ1) is 9.25. The van der Waals surface area contributed by atoms with E-state index in [0.29, 0.717) is 13.2 Å². The first-order valence-electron chi connectivity index (χ1n) is 6.63. The Kier molecular flexibility index (Phi) is 5.82. The molecule has 4 nitrogen and oxygen atoms in total. The van der Waals surface area contributed by atoms with E-state index in [1.807, 2.05) is 17.8 Å². The molecule has 0 radical (unpaired) electrons. The Morgan fingerprint density at radius 1 is 1.16 bits per heavy atom. The molecule has 0 aromatic heterocycles. The van der Waals surface area contributed by atoms with Crippen LogP contribution in [-0.2, 0) is 0 Å². The fourth-order valence-electron chi connectivity index (χ4n) is 1.78. The summed E-state index contributed by atoms with van der Waals surface area (Å²) in [6, 6.07) is 6.16. The largest absolute Gasteiger partial charge is 0.486 e. The molecule has 0 amide bonds. The Labute approximate surface area is 119 Å². The van der Waals surface area contributed by atoms with Gasteiger partial charge in [0.15, 0.2) is 11.5 Å². The normalized spacial score (nSPS) is 13.8. The number of nitrogens with zero attached hydrogens (tertiary/aromatic N) is 1. The third-order valence-corrected chi connectivity index (χ3v) is 3.79. The summed E-state index contributed by atoms with van der Waals surface area (Å²) in [6.07, 6.45) is 0. The van der Waals surface area contributed by atoms with Crippen LogP contribution in [0.15, 0.2) is 23.1 Å². The molecule has 1 aliphatic heterocycles. The maximum absolute atomic E-state index is 5.58. The number of nitrogens with one attached hydrogen (secondary N) is 1. The molecule has 1 heterocycles. The van der Waals surface area contributed by atoms with E-state index >= 15 is 0 Å². The lowest BCUT2D eigenvalue weighted by Gasteiger charge is -2.18. The zero-order valence-corrected chi connectivity index (χ0v) is 12.5. The van der Waals surface area contributed by atoms with Crippen molar-refractivity contribution in [3.8, 4) is 11.5 Å². The summed E-state index contributed by atoms with van der Waals surface area (Å²) in [5.41, 5.74) is 0. The minimum Gasteiger partial charge on any atom is -0.486 e. The van der Waals surface area contributed by atoms with Crippen LogP contribution in [-0.4, -0.2) is 57.6 Å². The van der Waals surface area contributed by atoms with E-state index in [1.54, 1.807) is 0 Å². The summed E-state index contributed by atoms with van der Waals surface area (Å²) in [4.78, 5) is 3.42. The van der Waals surface area contributed by atoms with Gasteiger partial charge in [-0.05, 0) is 32.3 Å². The predicted octanol–water partition coefficient (Wildman–Crippen LogP) is 1.70. The first-order valence-corrected chi connectivity index (χ1v) is 7.62. The maximum Gasteiger partial charge on any atom is 0.162 e. The zero-order chi connectivity index (χ0) is 13.5. The van der Waals surface area contributed by atoms with Crippen molar-refractivity contribution in [1.82, 2.24) is 10.2 Å². The highest BCUT2D eigenvalue weighted by Gasteiger charge is 2.11. The molecule has 0 spiro atoms. The molecule has 1 N–H and O–H groups in total. The molecule has 0 aliphatic carbocycles. The average molecular weight is 282 g/mol. The van der Waals surface area contributed by atoms with Crippen LogP contribution in [0.25, 0.3) is 0 Å². The molecule has 0 saturated heterocycles. The molecule has 0 bridgehead atoms. The summed E-state index contributed by atoms with van der Waals surface area (Å²) in [5, 5.41) is 3.43. The second-order valence-electron chi connectivity index (χ2n) is 4.71. The minimum absolute atomic E-state index is 0.646. The van der Waals surface area contributed by atoms with Crippen LogP contribution in [0.1, 0.15) is 0 Å². The number of ether oxygens (including phenoxy) is 2. The highest BCUT2D eigenvalue weighted by Crippen LogP contribution is 2.33. The Bertz CT molecular complexity index is 399. The van der Waals surface area contributed by atoms with Crippen LogP contribution in [0, 0.1) is 0 Å². The van der Waals surface area contributed by atoms with E-state index in [4.69, 9.17) is 9.47 Å². The highest BCUT2D eigenvalue weighted by atomic mass is 32.2. The van der Waals surface area contributed by atoms with E-state index in [1.165, 1.54) is 4.90 Å². The highest BCUT2D eigenvalue weighted by molar-refractivity contribution is 7.99. The van der Waals surface area contributed by atoms with Crippen LogP contribution in [0.3, 0.4) is 0 Å². The van der Waals surface area contributed by atoms with Crippen molar-refractivity contribution >= 4 is 11.8 Å². The van der Waals surface area contributed by atoms with E-state index < -0.39 is 0 Å². The van der Waals surface area contributed by atoms with E-state index in [-0.39, 0.29) is 0 Å². The van der Waals surface area contributed by atoms with Gasteiger partial charge in [0.1, 0.15) is 13.2 Å². The molecule has 1 aliphatic rings. The number of likely N-dealkylation sites (N-methyl/N-ethyl adjacent to an activating group) is 1. The molecule has 0 atom stereocenters. The minimum atomic E-state index is 0.646. The molecular weight excluding hydrogens is 260 g/mol. The SMILES string of the molecule is CN(C)CCNCCSc1ccc2c(c1)OCCO2. The Balaban J connectivity index is 1.68. The molecule has 5 heteroatoms. The van der Waals surface area contributed by atoms with Gasteiger partial charge >= 0.3 is 0 Å². The summed E-state index contributed by atoms with van der Waals surface area (Å²) in [7, 11) is 4.18. The molecule has 1 aromatic rings. The van der Waals surface area contributed by atoms with Crippen LogP contribution in [0.4, 0.5) is 0 Å². The Morgan fingerprint density at radius 3 is 2.74 bits per heavy atom. The van der Waals surface area contributed by atoms with Crippen LogP contribution < -0.4 is 14.8 Å². The number of hydrogen-bond acceptors (Lipinski definition) is 5. The fraction of sp³-hybridized carbons (Fsp3) is 0.571. The van der Waals surface area contributed by atoms with Gasteiger partial charge in [0.25, 0.3) is 0 Å². The molecule has 0 unspecified atom stereocenters. The molecule has 2 rings (SSSR count). The lowest BCUT2D eigenvalue weighted by Crippen LogP contribution is -2.27. The van der Waals surface area contributed by atoms with Crippen LogP contribution in [0.5, 0.6) is 11.5 Å². The van der Waals surface area contributed by atoms with Crippen molar-refractivity contribution in [2.45, 2.75) is 4.90 Å².